The number of nitro groups is 1. The molecule has 2 N–H and O–H groups in total. The van der Waals surface area contributed by atoms with Gasteiger partial charge >= 0.3 is 0 Å². The smallest absolute Gasteiger partial charge is 0.269 e. The second-order valence-corrected chi connectivity index (χ2v) is 6.15. The van der Waals surface area contributed by atoms with Crippen LogP contribution in [0.25, 0.3) is 0 Å². The van der Waals surface area contributed by atoms with Crippen molar-refractivity contribution in [2.45, 2.75) is 31.8 Å². The van der Waals surface area contributed by atoms with Crippen LogP contribution >= 0.6 is 0 Å². The van der Waals surface area contributed by atoms with E-state index in [1.54, 1.807) is 18.2 Å². The summed E-state index contributed by atoms with van der Waals surface area (Å²) in [6.45, 7) is 4.23. The minimum absolute atomic E-state index is 0.172. The molecule has 1 saturated heterocycles. The van der Waals surface area contributed by atoms with Crippen LogP contribution in [0.5, 0.6) is 0 Å². The van der Waals surface area contributed by atoms with Crippen LogP contribution in [-0.4, -0.2) is 29.0 Å². The number of nitrogens with zero attached hydrogens (tertiary/aromatic N) is 2. The number of fused-ring (bicyclic) bond motifs is 1. The molecule has 5 nitrogen and oxygen atoms in total. The maximum atomic E-state index is 10.9. The Balaban J connectivity index is 1.75. The molecular weight excluding hydrogens is 254 g/mol. The lowest BCUT2D eigenvalue weighted by Crippen LogP contribution is -2.31. The molecular formula is C15H21N3O2. The van der Waals surface area contributed by atoms with Crippen molar-refractivity contribution in [2.75, 3.05) is 13.1 Å². The van der Waals surface area contributed by atoms with E-state index < -0.39 is 0 Å². The Hall–Kier alpha value is -1.46. The highest BCUT2D eigenvalue weighted by atomic mass is 16.6. The SMILES string of the molecule is CC(c1cccc([N+](=O)[O-])c1)N1CC2CCC(N)C2C1. The van der Waals surface area contributed by atoms with Crippen LogP contribution in [0.15, 0.2) is 24.3 Å². The van der Waals surface area contributed by atoms with Gasteiger partial charge in [0.2, 0.25) is 0 Å². The van der Waals surface area contributed by atoms with Gasteiger partial charge in [-0.25, -0.2) is 0 Å². The van der Waals surface area contributed by atoms with Gasteiger partial charge in [-0.3, -0.25) is 15.0 Å². The molecule has 1 heterocycles. The minimum Gasteiger partial charge on any atom is -0.327 e. The fraction of sp³-hybridized carbons (Fsp3) is 0.600. The standard InChI is InChI=1S/C15H21N3O2/c1-10(11-3-2-4-13(7-11)18(19)20)17-8-12-5-6-15(16)14(12)9-17/h2-4,7,10,12,14-15H,5-6,8-9,16H2,1H3. The summed E-state index contributed by atoms with van der Waals surface area (Å²) in [5.74, 6) is 1.32. The molecule has 1 aliphatic carbocycles. The third-order valence-electron chi connectivity index (χ3n) is 5.05. The molecule has 1 aromatic carbocycles. The Bertz CT molecular complexity index is 520. The molecule has 1 aliphatic heterocycles. The van der Waals surface area contributed by atoms with Crippen molar-refractivity contribution in [3.05, 3.63) is 39.9 Å². The molecule has 2 aliphatic rings. The van der Waals surface area contributed by atoms with Crippen LogP contribution in [0.2, 0.25) is 0 Å². The Kier molecular flexibility index (Phi) is 3.48. The fourth-order valence-corrected chi connectivity index (χ4v) is 3.77. The maximum Gasteiger partial charge on any atom is 0.269 e. The van der Waals surface area contributed by atoms with Gasteiger partial charge in [0.1, 0.15) is 0 Å². The van der Waals surface area contributed by atoms with Gasteiger partial charge in [-0.15, -0.1) is 0 Å². The molecule has 5 heteroatoms. The third-order valence-corrected chi connectivity index (χ3v) is 5.05. The van der Waals surface area contributed by atoms with Crippen LogP contribution in [0, 0.1) is 22.0 Å². The van der Waals surface area contributed by atoms with Gasteiger partial charge in [0, 0.05) is 37.3 Å². The van der Waals surface area contributed by atoms with Gasteiger partial charge in [-0.05, 0) is 37.2 Å². The average Bonchev–Trinajstić information content (AvgIpc) is 3.01. The Labute approximate surface area is 118 Å². The molecule has 1 aromatic rings. The monoisotopic (exact) mass is 275 g/mol. The largest absolute Gasteiger partial charge is 0.327 e. The molecule has 0 bridgehead atoms. The molecule has 20 heavy (non-hydrogen) atoms. The first-order valence-electron chi connectivity index (χ1n) is 7.30. The zero-order valence-electron chi connectivity index (χ0n) is 11.7. The highest BCUT2D eigenvalue weighted by molar-refractivity contribution is 5.35. The van der Waals surface area contributed by atoms with Crippen molar-refractivity contribution in [3.63, 3.8) is 0 Å². The van der Waals surface area contributed by atoms with Crippen LogP contribution in [0.1, 0.15) is 31.4 Å². The lowest BCUT2D eigenvalue weighted by atomic mass is 9.98. The molecule has 4 atom stereocenters. The van der Waals surface area contributed by atoms with Crippen molar-refractivity contribution in [1.82, 2.24) is 4.90 Å². The van der Waals surface area contributed by atoms with E-state index in [1.165, 1.54) is 6.42 Å². The Morgan fingerprint density at radius 1 is 1.40 bits per heavy atom. The zero-order chi connectivity index (χ0) is 14.3. The average molecular weight is 275 g/mol. The summed E-state index contributed by atoms with van der Waals surface area (Å²) in [6.07, 6.45) is 2.37. The minimum atomic E-state index is -0.329. The van der Waals surface area contributed by atoms with Gasteiger partial charge < -0.3 is 5.73 Å². The molecule has 4 unspecified atom stereocenters. The van der Waals surface area contributed by atoms with E-state index in [9.17, 15) is 10.1 Å². The number of nitrogens with two attached hydrogens (primary N) is 1. The number of hydrogen-bond donors (Lipinski definition) is 1. The molecule has 0 amide bonds. The summed E-state index contributed by atoms with van der Waals surface area (Å²) in [4.78, 5) is 13.0. The van der Waals surface area contributed by atoms with E-state index in [1.807, 2.05) is 6.07 Å². The molecule has 3 rings (SSSR count). The van der Waals surface area contributed by atoms with E-state index >= 15 is 0 Å². The number of likely N-dealkylation sites (tertiary alicyclic amines) is 1. The molecule has 0 spiro atoms. The Morgan fingerprint density at radius 2 is 2.20 bits per heavy atom. The summed E-state index contributed by atoms with van der Waals surface area (Å²) >= 11 is 0. The molecule has 2 fully saturated rings. The molecule has 1 saturated carbocycles. The van der Waals surface area contributed by atoms with Gasteiger partial charge in [-0.1, -0.05) is 12.1 Å². The van der Waals surface area contributed by atoms with Gasteiger partial charge in [0.15, 0.2) is 0 Å². The predicted octanol–water partition coefficient (Wildman–Crippen LogP) is 2.32. The highest BCUT2D eigenvalue weighted by Crippen LogP contribution is 2.40. The number of nitro benzene ring substituents is 1. The second-order valence-electron chi connectivity index (χ2n) is 6.15. The number of hydrogen-bond acceptors (Lipinski definition) is 4. The van der Waals surface area contributed by atoms with Crippen molar-refractivity contribution < 1.29 is 4.92 Å². The fourth-order valence-electron chi connectivity index (χ4n) is 3.77. The first-order chi connectivity index (χ1) is 9.56. The first kappa shape index (κ1) is 13.5. The number of rotatable bonds is 3. The van der Waals surface area contributed by atoms with E-state index in [0.717, 1.165) is 25.1 Å². The summed E-state index contributed by atoms with van der Waals surface area (Å²) in [7, 11) is 0. The van der Waals surface area contributed by atoms with Crippen LogP contribution in [-0.2, 0) is 0 Å². The lowest BCUT2D eigenvalue weighted by Gasteiger charge is -2.26. The highest BCUT2D eigenvalue weighted by Gasteiger charge is 2.42. The quantitative estimate of drug-likeness (QED) is 0.678. The van der Waals surface area contributed by atoms with Crippen molar-refractivity contribution >= 4 is 5.69 Å². The van der Waals surface area contributed by atoms with E-state index in [2.05, 4.69) is 11.8 Å². The van der Waals surface area contributed by atoms with Crippen molar-refractivity contribution in [2.24, 2.45) is 17.6 Å². The maximum absolute atomic E-state index is 10.9. The third kappa shape index (κ3) is 2.31. The summed E-state index contributed by atoms with van der Waals surface area (Å²) in [5.41, 5.74) is 7.36. The van der Waals surface area contributed by atoms with Crippen LogP contribution in [0.3, 0.4) is 0 Å². The Morgan fingerprint density at radius 3 is 2.90 bits per heavy atom. The number of benzene rings is 1. The second kappa shape index (κ2) is 5.14. The number of non-ortho nitro benzene ring substituents is 1. The summed E-state index contributed by atoms with van der Waals surface area (Å²) in [6, 6.07) is 7.54. The predicted molar refractivity (Wildman–Crippen MR) is 77.3 cm³/mol. The van der Waals surface area contributed by atoms with Crippen molar-refractivity contribution in [1.29, 1.82) is 0 Å². The van der Waals surface area contributed by atoms with Crippen LogP contribution < -0.4 is 5.73 Å². The van der Waals surface area contributed by atoms with Crippen molar-refractivity contribution in [3.8, 4) is 0 Å². The van der Waals surface area contributed by atoms with E-state index in [0.29, 0.717) is 17.9 Å². The van der Waals surface area contributed by atoms with Crippen LogP contribution in [0.4, 0.5) is 5.69 Å². The first-order valence-corrected chi connectivity index (χ1v) is 7.30. The zero-order valence-corrected chi connectivity index (χ0v) is 11.7. The van der Waals surface area contributed by atoms with E-state index in [-0.39, 0.29) is 16.7 Å². The molecule has 108 valence electrons. The normalized spacial score (nSPS) is 31.2. The summed E-state index contributed by atoms with van der Waals surface area (Å²) in [5, 5.41) is 10.9. The van der Waals surface area contributed by atoms with Gasteiger partial charge in [0.05, 0.1) is 4.92 Å². The van der Waals surface area contributed by atoms with Gasteiger partial charge in [-0.2, -0.15) is 0 Å². The van der Waals surface area contributed by atoms with Gasteiger partial charge in [0.25, 0.3) is 5.69 Å². The molecule has 0 radical (unpaired) electrons. The molecule has 0 aromatic heterocycles. The summed E-state index contributed by atoms with van der Waals surface area (Å²) < 4.78 is 0. The van der Waals surface area contributed by atoms with E-state index in [4.69, 9.17) is 5.73 Å². The topological polar surface area (TPSA) is 72.4 Å². The lowest BCUT2D eigenvalue weighted by molar-refractivity contribution is -0.384.